The van der Waals surface area contributed by atoms with Gasteiger partial charge in [0, 0.05) is 5.69 Å². The van der Waals surface area contributed by atoms with Gasteiger partial charge in [0.2, 0.25) is 0 Å². The highest BCUT2D eigenvalue weighted by molar-refractivity contribution is 6.33. The first kappa shape index (κ1) is 15.3. The fourth-order valence-corrected chi connectivity index (χ4v) is 1.99. The molecule has 0 atom stereocenters. The molecule has 0 aliphatic carbocycles. The summed E-state index contributed by atoms with van der Waals surface area (Å²) in [5.74, 6) is -0.0568. The van der Waals surface area contributed by atoms with Crippen molar-refractivity contribution in [2.24, 2.45) is 0 Å². The van der Waals surface area contributed by atoms with Crippen LogP contribution in [0.15, 0.2) is 30.4 Å². The Hall–Kier alpha value is -2.14. The van der Waals surface area contributed by atoms with Crippen LogP contribution in [-0.4, -0.2) is 27.3 Å². The highest BCUT2D eigenvalue weighted by Crippen LogP contribution is 2.18. The summed E-state index contributed by atoms with van der Waals surface area (Å²) in [7, 11) is 0. The molecule has 2 rings (SSSR count). The maximum atomic E-state index is 12.0. The lowest BCUT2D eigenvalue weighted by Gasteiger charge is -2.08. The van der Waals surface area contributed by atoms with Crippen LogP contribution < -0.4 is 0 Å². The normalized spacial score (nSPS) is 10.5. The Labute approximate surface area is 128 Å². The van der Waals surface area contributed by atoms with Crippen molar-refractivity contribution >= 4 is 17.6 Å². The zero-order valence-electron chi connectivity index (χ0n) is 12.2. The zero-order valence-corrected chi connectivity index (χ0v) is 12.9. The molecule has 0 aliphatic rings. The van der Waals surface area contributed by atoms with E-state index in [2.05, 4.69) is 16.7 Å². The molecule has 0 aromatic carbocycles. The van der Waals surface area contributed by atoms with Crippen LogP contribution in [0.4, 0.5) is 0 Å². The number of nitrogens with zero attached hydrogens (tertiary/aromatic N) is 3. The SMILES string of the molecule is C=C(C)COC(=O)c1nc(-n2nc(C)cc2C)ccc1Cl. The Morgan fingerprint density at radius 3 is 2.71 bits per heavy atom. The summed E-state index contributed by atoms with van der Waals surface area (Å²) >= 11 is 6.02. The molecule has 2 aromatic rings. The minimum absolute atomic E-state index is 0.0722. The standard InChI is InChI=1S/C15H16ClN3O2/c1-9(2)8-21-15(20)14-12(16)5-6-13(17-14)19-11(4)7-10(3)18-19/h5-7H,1,8H2,2-4H3. The largest absolute Gasteiger partial charge is 0.456 e. The summed E-state index contributed by atoms with van der Waals surface area (Å²) in [5, 5.41) is 4.57. The summed E-state index contributed by atoms with van der Waals surface area (Å²) in [6.07, 6.45) is 0. The van der Waals surface area contributed by atoms with Crippen LogP contribution in [0.3, 0.4) is 0 Å². The van der Waals surface area contributed by atoms with E-state index in [0.29, 0.717) is 5.82 Å². The summed E-state index contributed by atoms with van der Waals surface area (Å²) in [6, 6.07) is 5.24. The fourth-order valence-electron chi connectivity index (χ4n) is 1.81. The smallest absolute Gasteiger partial charge is 0.358 e. The Morgan fingerprint density at radius 2 is 2.14 bits per heavy atom. The zero-order chi connectivity index (χ0) is 15.6. The third kappa shape index (κ3) is 3.49. The molecule has 0 saturated heterocycles. The number of hydrogen-bond donors (Lipinski definition) is 0. The fraction of sp³-hybridized carbons (Fsp3) is 0.267. The predicted octanol–water partition coefficient (Wildman–Crippen LogP) is 3.27. The number of carbonyl (C=O) groups excluding carboxylic acids is 1. The molecule has 0 aliphatic heterocycles. The van der Waals surface area contributed by atoms with Crippen molar-refractivity contribution in [2.45, 2.75) is 20.8 Å². The van der Waals surface area contributed by atoms with Gasteiger partial charge in [-0.25, -0.2) is 14.5 Å². The van der Waals surface area contributed by atoms with Crippen LogP contribution in [0, 0.1) is 13.8 Å². The van der Waals surface area contributed by atoms with Gasteiger partial charge in [0.05, 0.1) is 10.7 Å². The molecule has 110 valence electrons. The van der Waals surface area contributed by atoms with Gasteiger partial charge in [0.25, 0.3) is 0 Å². The molecule has 21 heavy (non-hydrogen) atoms. The Kier molecular flexibility index (Phi) is 4.43. The van der Waals surface area contributed by atoms with Crippen molar-refractivity contribution in [3.8, 4) is 5.82 Å². The van der Waals surface area contributed by atoms with Crippen molar-refractivity contribution in [3.05, 3.63) is 52.5 Å². The molecule has 0 fully saturated rings. The molecule has 0 amide bonds. The van der Waals surface area contributed by atoms with Gasteiger partial charge < -0.3 is 4.74 Å². The second-order valence-corrected chi connectivity index (χ2v) is 5.28. The van der Waals surface area contributed by atoms with E-state index in [1.807, 2.05) is 19.9 Å². The van der Waals surface area contributed by atoms with E-state index in [0.717, 1.165) is 17.0 Å². The Bertz CT molecular complexity index is 707. The lowest BCUT2D eigenvalue weighted by molar-refractivity contribution is 0.0533. The van der Waals surface area contributed by atoms with Gasteiger partial charge >= 0.3 is 5.97 Å². The number of hydrogen-bond acceptors (Lipinski definition) is 4. The number of pyridine rings is 1. The third-order valence-corrected chi connectivity index (χ3v) is 3.01. The second-order valence-electron chi connectivity index (χ2n) is 4.87. The van der Waals surface area contributed by atoms with Crippen molar-refractivity contribution in [3.63, 3.8) is 0 Å². The van der Waals surface area contributed by atoms with Crippen LogP contribution >= 0.6 is 11.6 Å². The van der Waals surface area contributed by atoms with Gasteiger partial charge in [-0.2, -0.15) is 5.10 Å². The number of aromatic nitrogens is 3. The minimum Gasteiger partial charge on any atom is -0.456 e. The number of halogens is 1. The quantitative estimate of drug-likeness (QED) is 0.642. The minimum atomic E-state index is -0.577. The lowest BCUT2D eigenvalue weighted by atomic mass is 10.3. The molecule has 0 saturated carbocycles. The molecule has 0 spiro atoms. The van der Waals surface area contributed by atoms with Crippen molar-refractivity contribution in [1.29, 1.82) is 0 Å². The topological polar surface area (TPSA) is 57.0 Å². The van der Waals surface area contributed by atoms with Crippen molar-refractivity contribution in [2.75, 3.05) is 6.61 Å². The van der Waals surface area contributed by atoms with Crippen LogP contribution in [0.25, 0.3) is 5.82 Å². The first-order chi connectivity index (χ1) is 9.88. The van der Waals surface area contributed by atoms with Gasteiger partial charge in [0.15, 0.2) is 11.5 Å². The highest BCUT2D eigenvalue weighted by Gasteiger charge is 2.16. The molecule has 0 unspecified atom stereocenters. The molecule has 0 bridgehead atoms. The van der Waals surface area contributed by atoms with Crippen molar-refractivity contribution in [1.82, 2.24) is 14.8 Å². The second kappa shape index (κ2) is 6.10. The van der Waals surface area contributed by atoms with E-state index in [-0.39, 0.29) is 17.3 Å². The summed E-state index contributed by atoms with van der Waals surface area (Å²) in [5.41, 5.74) is 2.61. The summed E-state index contributed by atoms with van der Waals surface area (Å²) in [4.78, 5) is 16.3. The number of carbonyl (C=O) groups is 1. The molecular weight excluding hydrogens is 290 g/mol. The van der Waals surface area contributed by atoms with E-state index in [9.17, 15) is 4.79 Å². The average Bonchev–Trinajstić information content (AvgIpc) is 2.75. The van der Waals surface area contributed by atoms with Crippen LogP contribution in [-0.2, 0) is 4.74 Å². The predicted molar refractivity (Wildman–Crippen MR) is 80.9 cm³/mol. The van der Waals surface area contributed by atoms with E-state index >= 15 is 0 Å². The van der Waals surface area contributed by atoms with Gasteiger partial charge in [-0.3, -0.25) is 0 Å². The molecule has 6 heteroatoms. The number of aryl methyl sites for hydroxylation is 2. The molecule has 5 nitrogen and oxygen atoms in total. The number of ether oxygens (including phenoxy) is 1. The van der Waals surface area contributed by atoms with E-state index < -0.39 is 5.97 Å². The Balaban J connectivity index is 2.35. The monoisotopic (exact) mass is 305 g/mol. The van der Waals surface area contributed by atoms with Crippen LogP contribution in [0.2, 0.25) is 5.02 Å². The summed E-state index contributed by atoms with van der Waals surface area (Å²) in [6.45, 7) is 9.39. The van der Waals surface area contributed by atoms with Gasteiger partial charge in [-0.15, -0.1) is 0 Å². The maximum Gasteiger partial charge on any atom is 0.358 e. The van der Waals surface area contributed by atoms with E-state index in [4.69, 9.17) is 16.3 Å². The molecule has 2 aromatic heterocycles. The summed E-state index contributed by atoms with van der Waals surface area (Å²) < 4.78 is 6.74. The number of rotatable bonds is 4. The first-order valence-corrected chi connectivity index (χ1v) is 6.78. The first-order valence-electron chi connectivity index (χ1n) is 6.40. The van der Waals surface area contributed by atoms with E-state index in [1.54, 1.807) is 23.7 Å². The third-order valence-electron chi connectivity index (χ3n) is 2.70. The van der Waals surface area contributed by atoms with Crippen LogP contribution in [0.5, 0.6) is 0 Å². The molecule has 0 N–H and O–H groups in total. The average molecular weight is 306 g/mol. The van der Waals surface area contributed by atoms with E-state index in [1.165, 1.54) is 0 Å². The molecule has 0 radical (unpaired) electrons. The molecule has 2 heterocycles. The Morgan fingerprint density at radius 1 is 1.43 bits per heavy atom. The molecular formula is C15H16ClN3O2. The van der Waals surface area contributed by atoms with Crippen molar-refractivity contribution < 1.29 is 9.53 Å². The maximum absolute atomic E-state index is 12.0. The number of esters is 1. The lowest BCUT2D eigenvalue weighted by Crippen LogP contribution is -2.12. The van der Waals surface area contributed by atoms with Gasteiger partial charge in [-0.1, -0.05) is 18.2 Å². The van der Waals surface area contributed by atoms with Crippen LogP contribution in [0.1, 0.15) is 28.8 Å². The van der Waals surface area contributed by atoms with Gasteiger partial charge in [-0.05, 0) is 44.5 Å². The van der Waals surface area contributed by atoms with Gasteiger partial charge in [0.1, 0.15) is 6.61 Å². The highest BCUT2D eigenvalue weighted by atomic mass is 35.5.